The van der Waals surface area contributed by atoms with Crippen molar-refractivity contribution in [3.05, 3.63) is 48.1 Å². The molecule has 0 aliphatic carbocycles. The average Bonchev–Trinajstić information content (AvgIpc) is 3.12. The van der Waals surface area contributed by atoms with Crippen molar-refractivity contribution >= 4 is 22.7 Å². The van der Waals surface area contributed by atoms with Gasteiger partial charge in [0.15, 0.2) is 17.6 Å². The highest BCUT2D eigenvalue weighted by Crippen LogP contribution is 2.24. The maximum Gasteiger partial charge on any atom is 0.269 e. The second-order valence-corrected chi connectivity index (χ2v) is 4.99. The van der Waals surface area contributed by atoms with Crippen LogP contribution in [0.3, 0.4) is 0 Å². The number of imidazole rings is 1. The topological polar surface area (TPSA) is 99.3 Å². The highest BCUT2D eigenvalue weighted by atomic mass is 16.3. The summed E-state index contributed by atoms with van der Waals surface area (Å²) in [6.07, 6.45) is 2.83. The van der Waals surface area contributed by atoms with E-state index in [1.165, 1.54) is 17.1 Å². The van der Waals surface area contributed by atoms with Crippen LogP contribution in [0.25, 0.3) is 28.0 Å². The van der Waals surface area contributed by atoms with Crippen molar-refractivity contribution < 1.29 is 9.21 Å². The van der Waals surface area contributed by atoms with Gasteiger partial charge < -0.3 is 10.2 Å². The molecular formula is C15H11N5O2. The van der Waals surface area contributed by atoms with Crippen LogP contribution < -0.4 is 5.73 Å². The summed E-state index contributed by atoms with van der Waals surface area (Å²) in [6, 6.07) is 7.52. The number of aryl methyl sites for hydroxylation is 1. The molecule has 0 atom stereocenters. The largest absolute Gasteiger partial charge is 0.443 e. The van der Waals surface area contributed by atoms with Crippen LogP contribution in [0.5, 0.6) is 0 Å². The lowest BCUT2D eigenvalue weighted by Crippen LogP contribution is -2.15. The molecule has 2 N–H and O–H groups in total. The molecule has 0 saturated heterocycles. The molecule has 0 saturated carbocycles. The molecule has 0 unspecified atom stereocenters. The number of carbonyl (C=O) groups is 1. The highest BCUT2D eigenvalue weighted by molar-refractivity contribution is 5.91. The van der Waals surface area contributed by atoms with Crippen LogP contribution in [0.2, 0.25) is 0 Å². The number of primary amides is 1. The number of benzene rings is 1. The molecule has 7 nitrogen and oxygen atoms in total. The van der Waals surface area contributed by atoms with Crippen molar-refractivity contribution in [2.75, 3.05) is 0 Å². The lowest BCUT2D eigenvalue weighted by Gasteiger charge is -2.05. The van der Waals surface area contributed by atoms with Gasteiger partial charge in [-0.3, -0.25) is 4.79 Å². The zero-order valence-electron chi connectivity index (χ0n) is 11.6. The van der Waals surface area contributed by atoms with Gasteiger partial charge in [-0.1, -0.05) is 0 Å². The molecule has 0 aliphatic rings. The maximum atomic E-state index is 11.5. The van der Waals surface area contributed by atoms with E-state index in [0.717, 1.165) is 16.6 Å². The summed E-state index contributed by atoms with van der Waals surface area (Å²) < 4.78 is 6.71. The number of hydrogen-bond acceptors (Lipinski definition) is 5. The number of nitrogens with zero attached hydrogens (tertiary/aromatic N) is 4. The van der Waals surface area contributed by atoms with Crippen molar-refractivity contribution in [3.63, 3.8) is 0 Å². The van der Waals surface area contributed by atoms with Gasteiger partial charge in [-0.25, -0.2) is 14.5 Å². The first-order valence-corrected chi connectivity index (χ1v) is 6.62. The van der Waals surface area contributed by atoms with Crippen LogP contribution in [-0.4, -0.2) is 25.5 Å². The van der Waals surface area contributed by atoms with Crippen LogP contribution >= 0.6 is 0 Å². The predicted octanol–water partition coefficient (Wildman–Crippen LogP) is 1.94. The van der Waals surface area contributed by atoms with E-state index in [2.05, 4.69) is 15.1 Å². The Morgan fingerprint density at radius 1 is 1.27 bits per heavy atom. The Kier molecular flexibility index (Phi) is 2.50. The van der Waals surface area contributed by atoms with Crippen molar-refractivity contribution in [1.82, 2.24) is 19.6 Å². The van der Waals surface area contributed by atoms with Crippen LogP contribution in [-0.2, 0) is 0 Å². The predicted molar refractivity (Wildman–Crippen MR) is 79.2 cm³/mol. The molecule has 1 aromatic carbocycles. The van der Waals surface area contributed by atoms with E-state index in [9.17, 15) is 4.79 Å². The summed E-state index contributed by atoms with van der Waals surface area (Å²) in [5.41, 5.74) is 10.2. The van der Waals surface area contributed by atoms with E-state index in [1.807, 2.05) is 31.2 Å². The maximum absolute atomic E-state index is 11.5. The zero-order valence-corrected chi connectivity index (χ0v) is 11.6. The van der Waals surface area contributed by atoms with Crippen LogP contribution in [0, 0.1) is 6.92 Å². The Morgan fingerprint density at radius 2 is 2.14 bits per heavy atom. The van der Waals surface area contributed by atoms with Crippen molar-refractivity contribution in [3.8, 4) is 11.3 Å². The number of rotatable bonds is 2. The summed E-state index contributed by atoms with van der Waals surface area (Å²) in [5, 5.41) is 4.47. The normalized spacial score (nSPS) is 11.3. The first-order valence-electron chi connectivity index (χ1n) is 6.62. The van der Waals surface area contributed by atoms with Crippen molar-refractivity contribution in [2.45, 2.75) is 6.92 Å². The van der Waals surface area contributed by atoms with E-state index in [1.54, 1.807) is 0 Å². The van der Waals surface area contributed by atoms with Gasteiger partial charge in [0.2, 0.25) is 0 Å². The third kappa shape index (κ3) is 1.76. The van der Waals surface area contributed by atoms with E-state index >= 15 is 0 Å². The molecule has 3 heterocycles. The monoisotopic (exact) mass is 293 g/mol. The molecule has 0 spiro atoms. The number of carbonyl (C=O) groups excluding carboxylic acids is 1. The van der Waals surface area contributed by atoms with Crippen LogP contribution in [0.4, 0.5) is 0 Å². The lowest BCUT2D eigenvalue weighted by atomic mass is 10.1. The molecule has 7 heteroatoms. The van der Waals surface area contributed by atoms with E-state index in [-0.39, 0.29) is 5.69 Å². The summed E-state index contributed by atoms with van der Waals surface area (Å²) >= 11 is 0. The Labute approximate surface area is 124 Å². The minimum Gasteiger partial charge on any atom is -0.443 e. The SMILES string of the molecule is Cc1cc(-c2ccc3ocnc3c2)nn2c(C(N)=O)cnc12. The quantitative estimate of drug-likeness (QED) is 0.609. The summed E-state index contributed by atoms with van der Waals surface area (Å²) in [7, 11) is 0. The van der Waals surface area contributed by atoms with E-state index in [0.29, 0.717) is 16.9 Å². The van der Waals surface area contributed by atoms with Gasteiger partial charge >= 0.3 is 0 Å². The molecule has 0 radical (unpaired) electrons. The second-order valence-electron chi connectivity index (χ2n) is 4.99. The van der Waals surface area contributed by atoms with E-state index in [4.69, 9.17) is 10.2 Å². The standard InChI is InChI=1S/C15H11N5O2/c1-8-4-10(9-2-3-13-11(5-9)18-7-22-13)19-20-12(14(16)21)6-17-15(8)20/h2-7H,1H3,(H2,16,21). The van der Waals surface area contributed by atoms with Gasteiger partial charge in [0.05, 0.1) is 11.9 Å². The molecule has 0 aliphatic heterocycles. The lowest BCUT2D eigenvalue weighted by molar-refractivity contribution is 0.0993. The molecule has 4 rings (SSSR count). The highest BCUT2D eigenvalue weighted by Gasteiger charge is 2.14. The van der Waals surface area contributed by atoms with E-state index < -0.39 is 5.91 Å². The summed E-state index contributed by atoms with van der Waals surface area (Å²) in [5.74, 6) is -0.566. The number of hydrogen-bond donors (Lipinski definition) is 1. The fourth-order valence-corrected chi connectivity index (χ4v) is 2.45. The van der Waals surface area contributed by atoms with Gasteiger partial charge in [0.1, 0.15) is 11.2 Å². The first kappa shape index (κ1) is 12.5. The number of fused-ring (bicyclic) bond motifs is 2. The fourth-order valence-electron chi connectivity index (χ4n) is 2.45. The first-order chi connectivity index (χ1) is 10.6. The Hall–Kier alpha value is -3.22. The number of aromatic nitrogens is 4. The second kappa shape index (κ2) is 4.39. The Balaban J connectivity index is 1.97. The van der Waals surface area contributed by atoms with Gasteiger partial charge in [-0.05, 0) is 36.8 Å². The number of nitrogens with two attached hydrogens (primary N) is 1. The third-order valence-corrected chi connectivity index (χ3v) is 3.53. The zero-order chi connectivity index (χ0) is 15.3. The summed E-state index contributed by atoms with van der Waals surface area (Å²) in [4.78, 5) is 19.8. The smallest absolute Gasteiger partial charge is 0.269 e. The molecule has 22 heavy (non-hydrogen) atoms. The molecule has 1 amide bonds. The van der Waals surface area contributed by atoms with Crippen LogP contribution in [0.1, 0.15) is 16.1 Å². The molecule has 4 aromatic rings. The van der Waals surface area contributed by atoms with Crippen molar-refractivity contribution in [1.29, 1.82) is 0 Å². The Bertz CT molecular complexity index is 1030. The molecule has 108 valence electrons. The summed E-state index contributed by atoms with van der Waals surface area (Å²) in [6.45, 7) is 1.91. The van der Waals surface area contributed by atoms with Gasteiger partial charge in [-0.2, -0.15) is 5.10 Å². The minimum atomic E-state index is -0.566. The minimum absolute atomic E-state index is 0.252. The fraction of sp³-hybridized carbons (Fsp3) is 0.0667. The number of oxazole rings is 1. The van der Waals surface area contributed by atoms with Gasteiger partial charge in [0, 0.05) is 5.56 Å². The van der Waals surface area contributed by atoms with Gasteiger partial charge in [0.25, 0.3) is 5.91 Å². The molecular weight excluding hydrogens is 282 g/mol. The average molecular weight is 293 g/mol. The molecule has 0 bridgehead atoms. The number of amides is 1. The van der Waals surface area contributed by atoms with Gasteiger partial charge in [-0.15, -0.1) is 0 Å². The van der Waals surface area contributed by atoms with Crippen molar-refractivity contribution in [2.24, 2.45) is 5.73 Å². The molecule has 0 fully saturated rings. The third-order valence-electron chi connectivity index (χ3n) is 3.53. The Morgan fingerprint density at radius 3 is 2.95 bits per heavy atom. The molecule has 3 aromatic heterocycles. The van der Waals surface area contributed by atoms with Crippen LogP contribution in [0.15, 0.2) is 41.3 Å².